The summed E-state index contributed by atoms with van der Waals surface area (Å²) in [5.41, 5.74) is 3.58. The molecule has 0 amide bonds. The molecular formula is C23H28O2. The molecule has 2 aromatic carbocycles. The van der Waals surface area contributed by atoms with Crippen molar-refractivity contribution in [2.75, 3.05) is 20.0 Å². The highest BCUT2D eigenvalue weighted by Gasteiger charge is 2.36. The molecular weight excluding hydrogens is 308 g/mol. The van der Waals surface area contributed by atoms with Crippen LogP contribution in [0.5, 0.6) is 0 Å². The van der Waals surface area contributed by atoms with E-state index in [9.17, 15) is 0 Å². The maximum Gasteiger partial charge on any atom is 0.146 e. The minimum absolute atomic E-state index is 0.500. The molecule has 3 aliphatic rings. The molecule has 1 aliphatic heterocycles. The van der Waals surface area contributed by atoms with E-state index < -0.39 is 0 Å². The third kappa shape index (κ3) is 3.51. The van der Waals surface area contributed by atoms with Crippen molar-refractivity contribution in [3.63, 3.8) is 0 Å². The molecule has 2 unspecified atom stereocenters. The fourth-order valence-electron chi connectivity index (χ4n) is 4.57. The first-order chi connectivity index (χ1) is 12.1. The van der Waals surface area contributed by atoms with Gasteiger partial charge in [0.15, 0.2) is 0 Å². The first kappa shape index (κ1) is 16.8. The van der Waals surface area contributed by atoms with E-state index in [1.54, 1.807) is 5.56 Å². The topological polar surface area (TPSA) is 18.5 Å². The molecule has 1 heterocycles. The molecule has 2 fully saturated rings. The molecule has 0 spiro atoms. The lowest BCUT2D eigenvalue weighted by Gasteiger charge is -2.42. The maximum atomic E-state index is 4.72. The van der Waals surface area contributed by atoms with Crippen LogP contribution in [0.1, 0.15) is 50.2 Å². The van der Waals surface area contributed by atoms with Gasteiger partial charge < -0.3 is 9.47 Å². The van der Waals surface area contributed by atoms with Crippen LogP contribution in [-0.4, -0.2) is 20.0 Å². The second-order valence-electron chi connectivity index (χ2n) is 8.26. The van der Waals surface area contributed by atoms with E-state index in [1.807, 2.05) is 0 Å². The molecule has 2 heteroatoms. The highest BCUT2D eigenvalue weighted by molar-refractivity contribution is 5.92. The van der Waals surface area contributed by atoms with Crippen LogP contribution in [0, 0.1) is 11.3 Å². The lowest BCUT2D eigenvalue weighted by atomic mass is 9.63. The van der Waals surface area contributed by atoms with E-state index in [4.69, 9.17) is 9.47 Å². The molecule has 0 N–H and O–H groups in total. The van der Waals surface area contributed by atoms with Crippen molar-refractivity contribution < 1.29 is 9.47 Å². The number of rotatable bonds is 0. The van der Waals surface area contributed by atoms with Crippen LogP contribution in [0.15, 0.2) is 42.5 Å². The van der Waals surface area contributed by atoms with Crippen molar-refractivity contribution >= 4 is 16.8 Å². The van der Waals surface area contributed by atoms with Gasteiger partial charge >= 0.3 is 0 Å². The van der Waals surface area contributed by atoms with Crippen molar-refractivity contribution in [2.45, 2.75) is 39.0 Å². The number of fused-ring (bicyclic) bond motifs is 5. The Kier molecular flexibility index (Phi) is 4.66. The lowest BCUT2D eigenvalue weighted by Crippen LogP contribution is -2.29. The van der Waals surface area contributed by atoms with Gasteiger partial charge in [0.1, 0.15) is 6.79 Å². The van der Waals surface area contributed by atoms with Gasteiger partial charge in [-0.1, -0.05) is 62.4 Å². The first-order valence-electron chi connectivity index (χ1n) is 9.49. The van der Waals surface area contributed by atoms with Crippen LogP contribution < -0.4 is 0 Å². The lowest BCUT2D eigenvalue weighted by molar-refractivity contribution is 0.0692. The van der Waals surface area contributed by atoms with Gasteiger partial charge in [0.05, 0.1) is 13.2 Å². The molecule has 1 saturated heterocycles. The van der Waals surface area contributed by atoms with E-state index in [2.05, 4.69) is 62.4 Å². The molecule has 2 aromatic rings. The normalized spacial score (nSPS) is 26.5. The van der Waals surface area contributed by atoms with Gasteiger partial charge in [-0.2, -0.15) is 0 Å². The van der Waals surface area contributed by atoms with Crippen LogP contribution in [-0.2, 0) is 9.47 Å². The highest BCUT2D eigenvalue weighted by Crippen LogP contribution is 2.50. The second kappa shape index (κ2) is 6.93. The summed E-state index contributed by atoms with van der Waals surface area (Å²) in [5.74, 6) is 1.49. The molecule has 25 heavy (non-hydrogen) atoms. The Morgan fingerprint density at radius 3 is 2.56 bits per heavy atom. The van der Waals surface area contributed by atoms with Crippen LogP contribution in [0.25, 0.3) is 16.8 Å². The summed E-state index contributed by atoms with van der Waals surface area (Å²) in [6.07, 6.45) is 8.91. The third-order valence-corrected chi connectivity index (χ3v) is 5.89. The van der Waals surface area contributed by atoms with Crippen LogP contribution in [0.2, 0.25) is 0 Å². The van der Waals surface area contributed by atoms with Crippen molar-refractivity contribution in [1.82, 2.24) is 0 Å². The summed E-state index contributed by atoms with van der Waals surface area (Å²) in [6.45, 7) is 6.90. The van der Waals surface area contributed by atoms with Crippen molar-refractivity contribution in [3.8, 4) is 0 Å². The minimum atomic E-state index is 0.500. The van der Waals surface area contributed by atoms with Gasteiger partial charge in [-0.05, 0) is 58.4 Å². The van der Waals surface area contributed by atoms with Crippen LogP contribution in [0.4, 0.5) is 0 Å². The number of allylic oxidation sites excluding steroid dienone is 1. The fourth-order valence-corrected chi connectivity index (χ4v) is 4.57. The Morgan fingerprint density at radius 2 is 1.80 bits per heavy atom. The number of hydrogen-bond acceptors (Lipinski definition) is 2. The third-order valence-electron chi connectivity index (χ3n) is 5.89. The predicted octanol–water partition coefficient (Wildman–Crippen LogP) is 5.77. The second-order valence-corrected chi connectivity index (χ2v) is 8.26. The fraction of sp³-hybridized carbons (Fsp3) is 0.478. The number of benzene rings is 2. The van der Waals surface area contributed by atoms with Crippen LogP contribution in [0.3, 0.4) is 0 Å². The van der Waals surface area contributed by atoms with E-state index in [0.717, 1.165) is 25.0 Å². The van der Waals surface area contributed by atoms with E-state index in [1.165, 1.54) is 35.6 Å². The van der Waals surface area contributed by atoms with E-state index >= 15 is 0 Å². The molecule has 1 saturated carbocycles. The molecule has 2 nitrogen and oxygen atoms in total. The number of ether oxygens (including phenoxy) is 2. The Morgan fingerprint density at radius 1 is 1.00 bits per heavy atom. The van der Waals surface area contributed by atoms with Crippen LogP contribution >= 0.6 is 0 Å². The van der Waals surface area contributed by atoms with Crippen molar-refractivity contribution in [2.24, 2.45) is 11.3 Å². The molecule has 5 rings (SSSR count). The summed E-state index contributed by atoms with van der Waals surface area (Å²) < 4.78 is 9.44. The largest absolute Gasteiger partial charge is 0.353 e. The van der Waals surface area contributed by atoms with Crippen molar-refractivity contribution in [3.05, 3.63) is 53.6 Å². The molecule has 0 radical (unpaired) electrons. The summed E-state index contributed by atoms with van der Waals surface area (Å²) in [4.78, 5) is 0. The molecule has 2 aliphatic carbocycles. The molecule has 0 bridgehead atoms. The van der Waals surface area contributed by atoms with Crippen molar-refractivity contribution in [1.29, 1.82) is 0 Å². The summed E-state index contributed by atoms with van der Waals surface area (Å²) in [6, 6.07) is 13.5. The quantitative estimate of drug-likeness (QED) is 0.608. The summed E-state index contributed by atoms with van der Waals surface area (Å²) >= 11 is 0. The zero-order valence-corrected chi connectivity index (χ0v) is 15.3. The highest BCUT2D eigenvalue weighted by atomic mass is 16.7. The minimum Gasteiger partial charge on any atom is -0.353 e. The zero-order chi connectivity index (χ0) is 17.3. The van der Waals surface area contributed by atoms with Gasteiger partial charge in [-0.15, -0.1) is 0 Å². The Bertz CT molecular complexity index is 763. The number of hydrogen-bond donors (Lipinski definition) is 0. The molecule has 0 aromatic heterocycles. The molecule has 132 valence electrons. The van der Waals surface area contributed by atoms with Gasteiger partial charge in [-0.25, -0.2) is 0 Å². The van der Waals surface area contributed by atoms with Gasteiger partial charge in [0.25, 0.3) is 0 Å². The Labute approximate surface area is 150 Å². The van der Waals surface area contributed by atoms with E-state index in [0.29, 0.717) is 12.2 Å². The predicted molar refractivity (Wildman–Crippen MR) is 104 cm³/mol. The SMILES string of the molecule is C1COCO1.CC1(C)CCC2c3ccc4ccccc4c3C=CC2C1. The average molecular weight is 336 g/mol. The first-order valence-corrected chi connectivity index (χ1v) is 9.49. The smallest absolute Gasteiger partial charge is 0.146 e. The van der Waals surface area contributed by atoms with Gasteiger partial charge in [0.2, 0.25) is 0 Å². The summed E-state index contributed by atoms with van der Waals surface area (Å²) in [5, 5.41) is 2.79. The zero-order valence-electron chi connectivity index (χ0n) is 15.3. The van der Waals surface area contributed by atoms with E-state index in [-0.39, 0.29) is 0 Å². The monoisotopic (exact) mass is 336 g/mol. The molecule has 2 atom stereocenters. The van der Waals surface area contributed by atoms with Gasteiger partial charge in [0, 0.05) is 0 Å². The Balaban J connectivity index is 0.000000272. The summed E-state index contributed by atoms with van der Waals surface area (Å²) in [7, 11) is 0. The average Bonchev–Trinajstić information content (AvgIpc) is 3.20. The Hall–Kier alpha value is -1.64. The standard InChI is InChI=1S/C20H22.C3H6O2/c1-20(2)12-11-17-15(13-20)8-10-18-16-6-4-3-5-14(16)7-9-19(17)18;1-2-5-3-4-1/h3-10,15,17H,11-13H2,1-2H3;1-3H2. The van der Waals surface area contributed by atoms with Gasteiger partial charge in [-0.3, -0.25) is 0 Å². The maximum absolute atomic E-state index is 4.72.